The highest BCUT2D eigenvalue weighted by Crippen LogP contribution is 2.27. The first-order valence-corrected chi connectivity index (χ1v) is 8.43. The summed E-state index contributed by atoms with van der Waals surface area (Å²) in [7, 11) is -3.93. The number of benzene rings is 1. The Kier molecular flexibility index (Phi) is 3.87. The number of nitrogens with zero attached hydrogens (tertiary/aromatic N) is 3. The summed E-state index contributed by atoms with van der Waals surface area (Å²) in [5.74, 6) is -1.20. The van der Waals surface area contributed by atoms with Crippen LogP contribution in [0.4, 0.5) is 0 Å². The molecule has 1 N–H and O–H groups in total. The molecule has 0 spiro atoms. The van der Waals surface area contributed by atoms with Crippen LogP contribution in [0.1, 0.15) is 17.0 Å². The molecule has 0 radical (unpaired) electrons. The third-order valence-electron chi connectivity index (χ3n) is 3.81. The van der Waals surface area contributed by atoms with Crippen molar-refractivity contribution < 1.29 is 18.3 Å². The monoisotopic (exact) mass is 333 g/mol. The zero-order chi connectivity index (χ0) is 16.6. The minimum Gasteiger partial charge on any atom is -0.480 e. The summed E-state index contributed by atoms with van der Waals surface area (Å²) in [6, 6.07) is 5.14. The van der Waals surface area contributed by atoms with E-state index < -0.39 is 22.0 Å². The van der Waals surface area contributed by atoms with Gasteiger partial charge in [0.15, 0.2) is 0 Å². The Morgan fingerprint density at radius 2 is 1.78 bits per heavy atom. The molecule has 0 saturated carbocycles. The number of carboxylic acids is 1. The largest absolute Gasteiger partial charge is 0.480 e. The van der Waals surface area contributed by atoms with Gasteiger partial charge in [0.25, 0.3) is 0 Å². The molecular formula is C15H15N3O4S. The highest BCUT2D eigenvalue weighted by Gasteiger charge is 2.40. The fourth-order valence-corrected chi connectivity index (χ4v) is 4.09. The van der Waals surface area contributed by atoms with Crippen molar-refractivity contribution in [1.82, 2.24) is 14.3 Å². The standard InChI is InChI=1S/C15H15N3O4S/c1-10-2-4-11(5-3-10)23(21,22)18-9-13-12(16-6-7-17-13)8-14(18)15(19)20/h2-7,14H,8-9H2,1H3,(H,19,20)/t14-/m1/s1. The first-order valence-electron chi connectivity index (χ1n) is 6.99. The van der Waals surface area contributed by atoms with Crippen molar-refractivity contribution in [3.8, 4) is 0 Å². The Balaban J connectivity index is 2.05. The van der Waals surface area contributed by atoms with E-state index in [-0.39, 0.29) is 17.9 Å². The molecule has 7 nitrogen and oxygen atoms in total. The topological polar surface area (TPSA) is 100 Å². The quantitative estimate of drug-likeness (QED) is 0.899. The van der Waals surface area contributed by atoms with Crippen LogP contribution in [0.15, 0.2) is 41.6 Å². The molecule has 0 fully saturated rings. The number of rotatable bonds is 3. The molecule has 0 unspecified atom stereocenters. The molecule has 1 aromatic heterocycles. The van der Waals surface area contributed by atoms with Crippen LogP contribution in [0, 0.1) is 6.92 Å². The lowest BCUT2D eigenvalue weighted by Gasteiger charge is -2.32. The number of carboxylic acid groups (broad SMARTS) is 1. The first-order chi connectivity index (χ1) is 10.9. The molecule has 1 aliphatic rings. The number of fused-ring (bicyclic) bond motifs is 1. The van der Waals surface area contributed by atoms with Crippen LogP contribution >= 0.6 is 0 Å². The van der Waals surface area contributed by atoms with Crippen molar-refractivity contribution in [2.75, 3.05) is 0 Å². The predicted octanol–water partition coefficient (Wildman–Crippen LogP) is 0.985. The van der Waals surface area contributed by atoms with Crippen LogP contribution in [0.25, 0.3) is 0 Å². The lowest BCUT2D eigenvalue weighted by molar-refractivity contribution is -0.141. The summed E-state index contributed by atoms with van der Waals surface area (Å²) in [5, 5.41) is 9.43. The summed E-state index contributed by atoms with van der Waals surface area (Å²) in [5.41, 5.74) is 1.93. The molecular weight excluding hydrogens is 318 g/mol. The maximum atomic E-state index is 12.8. The van der Waals surface area contributed by atoms with Gasteiger partial charge in [-0.2, -0.15) is 4.31 Å². The second kappa shape index (κ2) is 5.71. The number of carbonyl (C=O) groups is 1. The number of hydrogen-bond acceptors (Lipinski definition) is 5. The summed E-state index contributed by atoms with van der Waals surface area (Å²) in [6.45, 7) is 1.75. The van der Waals surface area contributed by atoms with Gasteiger partial charge >= 0.3 is 5.97 Å². The second-order valence-corrected chi connectivity index (χ2v) is 7.26. The minimum absolute atomic E-state index is 0.00357. The van der Waals surface area contributed by atoms with E-state index >= 15 is 0 Å². The molecule has 8 heteroatoms. The molecule has 23 heavy (non-hydrogen) atoms. The normalized spacial score (nSPS) is 18.4. The first kappa shape index (κ1) is 15.6. The van der Waals surface area contributed by atoms with Gasteiger partial charge in [0, 0.05) is 18.8 Å². The second-order valence-electron chi connectivity index (χ2n) is 5.37. The molecule has 0 saturated heterocycles. The maximum Gasteiger partial charge on any atom is 0.322 e. The average molecular weight is 333 g/mol. The van der Waals surface area contributed by atoms with Crippen LogP contribution < -0.4 is 0 Å². The zero-order valence-electron chi connectivity index (χ0n) is 12.4. The van der Waals surface area contributed by atoms with Gasteiger partial charge in [0.2, 0.25) is 10.0 Å². The lowest BCUT2D eigenvalue weighted by Crippen LogP contribution is -2.49. The lowest BCUT2D eigenvalue weighted by atomic mass is 10.1. The number of aromatic nitrogens is 2. The third kappa shape index (κ3) is 2.82. The van der Waals surface area contributed by atoms with Crippen LogP contribution in [0.3, 0.4) is 0 Å². The van der Waals surface area contributed by atoms with Crippen molar-refractivity contribution in [3.63, 3.8) is 0 Å². The van der Waals surface area contributed by atoms with Crippen molar-refractivity contribution in [2.24, 2.45) is 0 Å². The van der Waals surface area contributed by atoms with Crippen LogP contribution in [0.5, 0.6) is 0 Å². The fraction of sp³-hybridized carbons (Fsp3) is 0.267. The highest BCUT2D eigenvalue weighted by molar-refractivity contribution is 7.89. The van der Waals surface area contributed by atoms with Gasteiger partial charge in [-0.25, -0.2) is 8.42 Å². The molecule has 120 valence electrons. The van der Waals surface area contributed by atoms with E-state index in [1.54, 1.807) is 12.1 Å². The smallest absolute Gasteiger partial charge is 0.322 e. The number of sulfonamides is 1. The molecule has 0 bridgehead atoms. The van der Waals surface area contributed by atoms with Crippen molar-refractivity contribution >= 4 is 16.0 Å². The van der Waals surface area contributed by atoms with E-state index in [0.29, 0.717) is 11.4 Å². The Labute approximate surface area is 133 Å². The van der Waals surface area contributed by atoms with Crippen LogP contribution in [-0.4, -0.2) is 39.8 Å². The number of hydrogen-bond donors (Lipinski definition) is 1. The fourth-order valence-electron chi connectivity index (χ4n) is 2.55. The van der Waals surface area contributed by atoms with E-state index in [2.05, 4.69) is 9.97 Å². The molecule has 2 heterocycles. The van der Waals surface area contributed by atoms with Crippen LogP contribution in [0.2, 0.25) is 0 Å². The van der Waals surface area contributed by atoms with Gasteiger partial charge in [0.05, 0.1) is 22.8 Å². The number of aliphatic carboxylic acids is 1. The molecule has 1 aliphatic heterocycles. The summed E-state index contributed by atoms with van der Waals surface area (Å²) < 4.78 is 26.7. The van der Waals surface area contributed by atoms with Gasteiger partial charge in [-0.3, -0.25) is 14.8 Å². The van der Waals surface area contributed by atoms with Crippen LogP contribution in [-0.2, 0) is 27.8 Å². The van der Waals surface area contributed by atoms with Crippen molar-refractivity contribution in [2.45, 2.75) is 30.8 Å². The van der Waals surface area contributed by atoms with E-state index in [9.17, 15) is 18.3 Å². The Bertz CT molecular complexity index is 849. The SMILES string of the molecule is Cc1ccc(S(=O)(=O)N2Cc3nccnc3C[C@@H]2C(=O)O)cc1. The molecule has 0 aliphatic carbocycles. The van der Waals surface area contributed by atoms with Gasteiger partial charge in [0.1, 0.15) is 6.04 Å². The van der Waals surface area contributed by atoms with E-state index in [4.69, 9.17) is 0 Å². The van der Waals surface area contributed by atoms with Crippen molar-refractivity contribution in [3.05, 3.63) is 53.6 Å². The van der Waals surface area contributed by atoms with Crippen molar-refractivity contribution in [1.29, 1.82) is 0 Å². The van der Waals surface area contributed by atoms with E-state index in [1.165, 1.54) is 24.5 Å². The average Bonchev–Trinajstić information content (AvgIpc) is 2.54. The summed E-state index contributed by atoms with van der Waals surface area (Å²) in [4.78, 5) is 19.9. The molecule has 1 atom stereocenters. The van der Waals surface area contributed by atoms with E-state index in [1.807, 2.05) is 6.92 Å². The van der Waals surface area contributed by atoms with Gasteiger partial charge in [-0.15, -0.1) is 0 Å². The highest BCUT2D eigenvalue weighted by atomic mass is 32.2. The molecule has 0 amide bonds. The Hall–Kier alpha value is -2.32. The minimum atomic E-state index is -3.93. The molecule has 1 aromatic carbocycles. The summed E-state index contributed by atoms with van der Waals surface area (Å²) in [6.07, 6.45) is 2.95. The summed E-state index contributed by atoms with van der Waals surface area (Å²) >= 11 is 0. The maximum absolute atomic E-state index is 12.8. The van der Waals surface area contributed by atoms with Gasteiger partial charge in [-0.05, 0) is 19.1 Å². The van der Waals surface area contributed by atoms with Gasteiger partial charge in [-0.1, -0.05) is 17.7 Å². The predicted molar refractivity (Wildman–Crippen MR) is 81.1 cm³/mol. The number of aryl methyl sites for hydroxylation is 1. The Morgan fingerprint density at radius 1 is 1.17 bits per heavy atom. The molecule has 2 aromatic rings. The van der Waals surface area contributed by atoms with Gasteiger partial charge < -0.3 is 5.11 Å². The Morgan fingerprint density at radius 3 is 2.39 bits per heavy atom. The molecule has 3 rings (SSSR count). The zero-order valence-corrected chi connectivity index (χ0v) is 13.2. The van der Waals surface area contributed by atoms with E-state index in [0.717, 1.165) is 9.87 Å². The third-order valence-corrected chi connectivity index (χ3v) is 5.68.